The monoisotopic (exact) mass is 338 g/mol. The number of rotatable bonds is 2. The summed E-state index contributed by atoms with van der Waals surface area (Å²) in [4.78, 5) is 0. The van der Waals surface area contributed by atoms with Crippen LogP contribution in [0.4, 0.5) is 0 Å². The highest BCUT2D eigenvalue weighted by Gasteiger charge is 2.39. The van der Waals surface area contributed by atoms with E-state index in [0.717, 1.165) is 0 Å². The molecule has 2 rings (SSSR count). The van der Waals surface area contributed by atoms with Crippen molar-refractivity contribution >= 4 is 38.0 Å². The molecule has 132 valence electrons. The van der Waals surface area contributed by atoms with Crippen LogP contribution in [-0.4, -0.2) is 119 Å². The predicted molar refractivity (Wildman–Crippen MR) is 98.4 cm³/mol. The van der Waals surface area contributed by atoms with Gasteiger partial charge in [-0.25, -0.2) is 0 Å². The lowest BCUT2D eigenvalue weighted by Gasteiger charge is -2.10. The quantitative estimate of drug-likeness (QED) is 0.321. The van der Waals surface area contributed by atoms with Crippen LogP contribution in [0.5, 0.6) is 0 Å². The largest absolute Gasteiger partial charge is 0.394 e. The van der Waals surface area contributed by atoms with Crippen LogP contribution in [0.15, 0.2) is 0 Å². The highest BCUT2D eigenvalue weighted by molar-refractivity contribution is 7.17. The van der Waals surface area contributed by atoms with E-state index in [1.807, 2.05) is 6.92 Å². The van der Waals surface area contributed by atoms with E-state index in [2.05, 4.69) is 30.9 Å². The zero-order valence-electron chi connectivity index (χ0n) is 14.5. The van der Waals surface area contributed by atoms with Crippen LogP contribution in [0.3, 0.4) is 0 Å². The third-order valence-electron chi connectivity index (χ3n) is 3.37. The second-order valence-electron chi connectivity index (χ2n) is 5.25. The first kappa shape index (κ1) is 26.3. The van der Waals surface area contributed by atoms with Crippen molar-refractivity contribution in [3.8, 4) is 0 Å². The van der Waals surface area contributed by atoms with Crippen molar-refractivity contribution in [2.45, 2.75) is 63.0 Å². The SMILES string of the molecule is C[C@@H]1O[C@H](CO)[C@H](O)C1O.C[C@H]1C[C@@H](O)[C@@H](CO)O1.[BH][BH].[B][B][BH]. The van der Waals surface area contributed by atoms with E-state index >= 15 is 0 Å². The fraction of sp³-hybridized carbons (Fsp3) is 1.00. The van der Waals surface area contributed by atoms with E-state index in [0.29, 0.717) is 6.42 Å². The van der Waals surface area contributed by atoms with Crippen LogP contribution in [0.25, 0.3) is 0 Å². The zero-order chi connectivity index (χ0) is 19.3. The fourth-order valence-corrected chi connectivity index (χ4v) is 2.19. The summed E-state index contributed by atoms with van der Waals surface area (Å²) in [7, 11) is 15.0. The Bertz CT molecular complexity index is 293. The summed E-state index contributed by atoms with van der Waals surface area (Å²) in [6, 6.07) is 0. The van der Waals surface area contributed by atoms with Crippen LogP contribution in [0.2, 0.25) is 0 Å². The lowest BCUT2D eigenvalue weighted by atomic mass is 9.40. The highest BCUT2D eigenvalue weighted by atomic mass is 16.6. The molecule has 0 aromatic heterocycles. The maximum atomic E-state index is 9.09. The number of aliphatic hydroxyl groups is 5. The molecule has 7 atom stereocenters. The lowest BCUT2D eigenvalue weighted by molar-refractivity contribution is -0.0171. The summed E-state index contributed by atoms with van der Waals surface area (Å²) in [5.41, 5.74) is 0. The third kappa shape index (κ3) is 9.51. The number of aliphatic hydroxyl groups excluding tert-OH is 5. The summed E-state index contributed by atoms with van der Waals surface area (Å²) in [6.45, 7) is 3.22. The Morgan fingerprint density at radius 2 is 1.46 bits per heavy atom. The van der Waals surface area contributed by atoms with Gasteiger partial charge in [0.2, 0.25) is 0 Å². The Balaban J connectivity index is 0. The van der Waals surface area contributed by atoms with Crippen LogP contribution in [-0.2, 0) is 9.47 Å². The molecule has 0 bridgehead atoms. The molecule has 2 aliphatic heterocycles. The van der Waals surface area contributed by atoms with E-state index in [9.17, 15) is 0 Å². The van der Waals surface area contributed by atoms with Gasteiger partial charge in [0.25, 0.3) is 0 Å². The number of ether oxygens (including phenoxy) is 2. The summed E-state index contributed by atoms with van der Waals surface area (Å²) < 4.78 is 10.1. The van der Waals surface area contributed by atoms with Crippen LogP contribution in [0.1, 0.15) is 20.3 Å². The predicted octanol–water partition coefficient (Wildman–Crippen LogP) is -4.70. The van der Waals surface area contributed by atoms with Gasteiger partial charge in [0.05, 0.1) is 31.5 Å². The Morgan fingerprint density at radius 3 is 1.62 bits per heavy atom. The van der Waals surface area contributed by atoms with Crippen LogP contribution >= 0.6 is 0 Å². The first-order chi connectivity index (χ1) is 11.3. The molecule has 24 heavy (non-hydrogen) atoms. The summed E-state index contributed by atoms with van der Waals surface area (Å²) in [6.07, 6.45) is -2.89. The van der Waals surface area contributed by atoms with Crippen molar-refractivity contribution in [1.82, 2.24) is 0 Å². The first-order valence-electron chi connectivity index (χ1n) is 7.71. The summed E-state index contributed by atoms with van der Waals surface area (Å²) >= 11 is 0. The van der Waals surface area contributed by atoms with Crippen LogP contribution in [0, 0.1) is 0 Å². The lowest BCUT2D eigenvalue weighted by Crippen LogP contribution is -2.33. The molecular weight excluding hydrogens is 310 g/mol. The van der Waals surface area contributed by atoms with Crippen molar-refractivity contribution < 1.29 is 35.0 Å². The molecule has 0 amide bonds. The van der Waals surface area contributed by atoms with E-state index in [1.165, 1.54) is 7.06 Å². The molecule has 2 aliphatic rings. The minimum Gasteiger partial charge on any atom is -0.394 e. The van der Waals surface area contributed by atoms with Gasteiger partial charge in [0, 0.05) is 44.4 Å². The Morgan fingerprint density at radius 1 is 1.00 bits per heavy atom. The average Bonchev–Trinajstić information content (AvgIpc) is 3.03. The van der Waals surface area contributed by atoms with Gasteiger partial charge in [0.15, 0.2) is 0 Å². The Labute approximate surface area is 150 Å². The van der Waals surface area contributed by atoms with Gasteiger partial charge in [-0.1, -0.05) is 0 Å². The van der Waals surface area contributed by atoms with Gasteiger partial charge in [-0.15, -0.1) is 0 Å². The maximum absolute atomic E-state index is 9.09. The molecule has 1 unspecified atom stereocenters. The molecule has 12 heteroatoms. The minimum absolute atomic E-state index is 0.0779. The molecule has 0 spiro atoms. The number of hydrogen-bond acceptors (Lipinski definition) is 7. The smallest absolute Gasteiger partial charge is 0.111 e. The standard InChI is InChI=1S/C6H12O4.C6H12O3.B3H.B2H2/c1-3-5(8)6(9)4(2-7)10-3;1-4-2-5(8)6(3-7)9-4;1-3-2;1-2/h3-9H,2H2,1H3;4-8H,2-3H2,1H3;1H;1-2H/t3-,4+,5?,6-;4-,5+,6+;;/m00../s1. The maximum Gasteiger partial charge on any atom is 0.111 e. The molecule has 0 aliphatic carbocycles. The number of hydrogen-bond donors (Lipinski definition) is 5. The second-order valence-corrected chi connectivity index (χ2v) is 5.25. The van der Waals surface area contributed by atoms with Gasteiger partial charge < -0.3 is 35.0 Å². The first-order valence-corrected chi connectivity index (χ1v) is 7.71. The second kappa shape index (κ2) is 15.3. The normalized spacial score (nSPS) is 37.0. The van der Waals surface area contributed by atoms with Crippen molar-refractivity contribution in [2.24, 2.45) is 0 Å². The van der Waals surface area contributed by atoms with Gasteiger partial charge in [0.1, 0.15) is 24.4 Å². The van der Waals surface area contributed by atoms with Gasteiger partial charge in [-0.05, 0) is 13.8 Å². The van der Waals surface area contributed by atoms with Gasteiger partial charge in [-0.3, -0.25) is 0 Å². The molecular formula is C12H27B5O7. The highest BCUT2D eigenvalue weighted by Crippen LogP contribution is 2.20. The minimum atomic E-state index is -0.944. The van der Waals surface area contributed by atoms with Crippen molar-refractivity contribution in [2.75, 3.05) is 13.2 Å². The van der Waals surface area contributed by atoms with Gasteiger partial charge in [-0.2, -0.15) is 0 Å². The molecule has 0 aromatic carbocycles. The van der Waals surface area contributed by atoms with Crippen molar-refractivity contribution in [1.29, 1.82) is 0 Å². The molecule has 5 N–H and O–H groups in total. The fourth-order valence-electron chi connectivity index (χ4n) is 2.19. The molecule has 6 radical (unpaired) electrons. The Hall–Kier alpha value is 0.0447. The average molecular weight is 337 g/mol. The molecule has 7 nitrogen and oxygen atoms in total. The van der Waals surface area contributed by atoms with E-state index in [4.69, 9.17) is 35.0 Å². The molecule has 0 aromatic rings. The van der Waals surface area contributed by atoms with Crippen molar-refractivity contribution in [3.05, 3.63) is 0 Å². The Kier molecular flexibility index (Phi) is 16.8. The molecule has 2 fully saturated rings. The third-order valence-corrected chi connectivity index (χ3v) is 3.37. The van der Waals surface area contributed by atoms with E-state index in [1.54, 1.807) is 6.92 Å². The van der Waals surface area contributed by atoms with Gasteiger partial charge >= 0.3 is 0 Å². The van der Waals surface area contributed by atoms with Crippen molar-refractivity contribution in [3.63, 3.8) is 0 Å². The summed E-state index contributed by atoms with van der Waals surface area (Å²) in [5.74, 6) is 0. The van der Waals surface area contributed by atoms with E-state index in [-0.39, 0.29) is 31.5 Å². The zero-order valence-corrected chi connectivity index (χ0v) is 14.5. The summed E-state index contributed by atoms with van der Waals surface area (Å²) in [5, 5.41) is 44.4. The molecule has 2 saturated heterocycles. The topological polar surface area (TPSA) is 120 Å². The molecule has 2 heterocycles. The van der Waals surface area contributed by atoms with E-state index < -0.39 is 24.4 Å². The molecule has 0 saturated carbocycles. The van der Waals surface area contributed by atoms with Crippen LogP contribution < -0.4 is 0 Å².